The summed E-state index contributed by atoms with van der Waals surface area (Å²) in [6.07, 6.45) is 8.79. The van der Waals surface area contributed by atoms with Crippen molar-refractivity contribution in [2.45, 2.75) is 70.5 Å². The van der Waals surface area contributed by atoms with Crippen LogP contribution in [0, 0.1) is 5.92 Å². The van der Waals surface area contributed by atoms with Gasteiger partial charge in [-0.05, 0) is 52.0 Å². The molecule has 0 aliphatic heterocycles. The summed E-state index contributed by atoms with van der Waals surface area (Å²) in [7, 11) is 0. The molecule has 3 N–H and O–H groups in total. The first kappa shape index (κ1) is 20.4. The Morgan fingerprint density at radius 1 is 1.10 bits per heavy atom. The van der Waals surface area contributed by atoms with Crippen LogP contribution in [0.2, 0.25) is 0 Å². The highest BCUT2D eigenvalue weighted by Crippen LogP contribution is 2.18. The van der Waals surface area contributed by atoms with Crippen molar-refractivity contribution < 1.29 is 10.2 Å². The van der Waals surface area contributed by atoms with Gasteiger partial charge in [-0.2, -0.15) is 0 Å². The van der Waals surface area contributed by atoms with Crippen molar-refractivity contribution in [1.29, 1.82) is 0 Å². The Bertz CT molecular complexity index is 284. The van der Waals surface area contributed by atoms with E-state index >= 15 is 0 Å². The van der Waals surface area contributed by atoms with Gasteiger partial charge in [0.15, 0.2) is 0 Å². The highest BCUT2D eigenvalue weighted by Gasteiger charge is 2.23. The predicted molar refractivity (Wildman–Crippen MR) is 91.4 cm³/mol. The lowest BCUT2D eigenvalue weighted by Gasteiger charge is -2.26. The third-order valence-corrected chi connectivity index (χ3v) is 3.80. The lowest BCUT2D eigenvalue weighted by molar-refractivity contribution is 0.0460. The van der Waals surface area contributed by atoms with E-state index in [0.29, 0.717) is 25.3 Å². The minimum atomic E-state index is -0.756. The van der Waals surface area contributed by atoms with Gasteiger partial charge in [-0.25, -0.2) is 0 Å². The summed E-state index contributed by atoms with van der Waals surface area (Å²) >= 11 is 0. The van der Waals surface area contributed by atoms with Gasteiger partial charge in [0.2, 0.25) is 0 Å². The van der Waals surface area contributed by atoms with E-state index in [0.717, 1.165) is 32.2 Å². The van der Waals surface area contributed by atoms with Crippen molar-refractivity contribution in [2.24, 2.45) is 5.92 Å². The Morgan fingerprint density at radius 3 is 2.14 bits per heavy atom. The van der Waals surface area contributed by atoms with Gasteiger partial charge in [0.25, 0.3) is 0 Å². The number of nitrogens with one attached hydrogen (secondary N) is 1. The minimum Gasteiger partial charge on any atom is -0.390 e. The molecule has 0 radical (unpaired) electrons. The summed E-state index contributed by atoms with van der Waals surface area (Å²) < 4.78 is 0. The van der Waals surface area contributed by atoms with Crippen molar-refractivity contribution in [1.82, 2.24) is 5.32 Å². The third-order valence-electron chi connectivity index (χ3n) is 3.80. The molecule has 0 fully saturated rings. The Labute approximate surface area is 131 Å². The smallest absolute Gasteiger partial charge is 0.0839 e. The fraction of sp³-hybridized carbons (Fsp3) is 0.778. The van der Waals surface area contributed by atoms with Crippen molar-refractivity contribution in [3.8, 4) is 0 Å². The zero-order valence-corrected chi connectivity index (χ0v) is 14.2. The lowest BCUT2D eigenvalue weighted by Crippen LogP contribution is -2.40. The minimum absolute atomic E-state index is 0.552. The second-order valence-electron chi connectivity index (χ2n) is 6.99. The molecule has 0 aromatic carbocycles. The Hall–Kier alpha value is -0.640. The first-order valence-corrected chi connectivity index (χ1v) is 8.10. The zero-order valence-electron chi connectivity index (χ0n) is 14.2. The van der Waals surface area contributed by atoms with Crippen LogP contribution in [0.25, 0.3) is 0 Å². The zero-order chi connectivity index (χ0) is 16.4. The Kier molecular flexibility index (Phi) is 9.84. The molecule has 0 aromatic heterocycles. The summed E-state index contributed by atoms with van der Waals surface area (Å²) in [5.41, 5.74) is -1.31. The van der Waals surface area contributed by atoms with Crippen LogP contribution in [0.3, 0.4) is 0 Å². The highest BCUT2D eigenvalue weighted by molar-refractivity contribution is 4.93. The molecule has 0 amide bonds. The number of rotatable bonds is 13. The largest absolute Gasteiger partial charge is 0.390 e. The molecule has 1 atom stereocenters. The second kappa shape index (κ2) is 10.1. The first-order chi connectivity index (χ1) is 9.72. The quantitative estimate of drug-likeness (QED) is 0.360. The van der Waals surface area contributed by atoms with E-state index in [1.807, 2.05) is 13.8 Å². The maximum absolute atomic E-state index is 10.4. The van der Waals surface area contributed by atoms with Crippen LogP contribution in [0.1, 0.15) is 59.3 Å². The summed E-state index contributed by atoms with van der Waals surface area (Å²) in [5, 5.41) is 23.4. The molecule has 0 aliphatic carbocycles. The van der Waals surface area contributed by atoms with Gasteiger partial charge in [0.05, 0.1) is 11.2 Å². The van der Waals surface area contributed by atoms with Gasteiger partial charge >= 0.3 is 0 Å². The van der Waals surface area contributed by atoms with Crippen molar-refractivity contribution in [3.63, 3.8) is 0 Å². The van der Waals surface area contributed by atoms with E-state index in [1.54, 1.807) is 12.2 Å². The Morgan fingerprint density at radius 2 is 1.67 bits per heavy atom. The normalized spacial score (nSPS) is 14.0. The molecule has 21 heavy (non-hydrogen) atoms. The molecule has 124 valence electrons. The molecular formula is C18H35NO2. The first-order valence-electron chi connectivity index (χ1n) is 8.10. The van der Waals surface area contributed by atoms with Crippen LogP contribution in [-0.2, 0) is 0 Å². The van der Waals surface area contributed by atoms with Crippen molar-refractivity contribution in [2.75, 3.05) is 13.1 Å². The van der Waals surface area contributed by atoms with E-state index in [9.17, 15) is 10.2 Å². The topological polar surface area (TPSA) is 52.5 Å². The Balaban J connectivity index is 3.82. The molecule has 0 saturated heterocycles. The van der Waals surface area contributed by atoms with E-state index in [4.69, 9.17) is 0 Å². The van der Waals surface area contributed by atoms with Gasteiger partial charge < -0.3 is 15.5 Å². The summed E-state index contributed by atoms with van der Waals surface area (Å²) in [5.74, 6) is 0.631. The SMILES string of the molecule is C=CCC(O)(CC=C)CNCC[C@@H](C)CCCC(C)(C)O. The molecular weight excluding hydrogens is 262 g/mol. The molecule has 3 nitrogen and oxygen atoms in total. The predicted octanol–water partition coefficient (Wildman–Crippen LogP) is 3.43. The number of hydrogen-bond acceptors (Lipinski definition) is 3. The van der Waals surface area contributed by atoms with E-state index in [2.05, 4.69) is 25.4 Å². The molecule has 0 saturated carbocycles. The highest BCUT2D eigenvalue weighted by atomic mass is 16.3. The van der Waals surface area contributed by atoms with Gasteiger partial charge in [0, 0.05) is 6.54 Å². The van der Waals surface area contributed by atoms with E-state index in [1.165, 1.54) is 0 Å². The second-order valence-corrected chi connectivity index (χ2v) is 6.99. The van der Waals surface area contributed by atoms with Crippen molar-refractivity contribution >= 4 is 0 Å². The summed E-state index contributed by atoms with van der Waals surface area (Å²) in [6, 6.07) is 0. The molecule has 3 heteroatoms. The van der Waals surface area contributed by atoms with Gasteiger partial charge in [-0.3, -0.25) is 0 Å². The molecule has 0 unspecified atom stereocenters. The van der Waals surface area contributed by atoms with Crippen molar-refractivity contribution in [3.05, 3.63) is 25.3 Å². The lowest BCUT2D eigenvalue weighted by atomic mass is 9.94. The van der Waals surface area contributed by atoms with Crippen LogP contribution in [0.15, 0.2) is 25.3 Å². The van der Waals surface area contributed by atoms with Gasteiger partial charge in [-0.15, -0.1) is 13.2 Å². The molecule has 0 aliphatic rings. The van der Waals surface area contributed by atoms with Crippen LogP contribution in [-0.4, -0.2) is 34.5 Å². The van der Waals surface area contributed by atoms with Crippen LogP contribution in [0.4, 0.5) is 0 Å². The maximum Gasteiger partial charge on any atom is 0.0839 e. The molecule has 0 bridgehead atoms. The summed E-state index contributed by atoms with van der Waals surface area (Å²) in [4.78, 5) is 0. The fourth-order valence-corrected chi connectivity index (χ4v) is 2.46. The average Bonchev–Trinajstić information content (AvgIpc) is 2.34. The molecule has 0 spiro atoms. The van der Waals surface area contributed by atoms with Crippen LogP contribution >= 0.6 is 0 Å². The fourth-order valence-electron chi connectivity index (χ4n) is 2.46. The molecule has 0 heterocycles. The van der Waals surface area contributed by atoms with Gasteiger partial charge in [0.1, 0.15) is 0 Å². The number of hydrogen-bond donors (Lipinski definition) is 3. The molecule has 0 rings (SSSR count). The van der Waals surface area contributed by atoms with E-state index < -0.39 is 11.2 Å². The van der Waals surface area contributed by atoms with Gasteiger partial charge in [-0.1, -0.05) is 31.9 Å². The van der Waals surface area contributed by atoms with Crippen LogP contribution in [0.5, 0.6) is 0 Å². The van der Waals surface area contributed by atoms with E-state index in [-0.39, 0.29) is 0 Å². The third kappa shape index (κ3) is 11.7. The maximum atomic E-state index is 10.4. The standard InChI is InChI=1S/C18H35NO2/c1-6-11-18(21,12-7-2)15-19-14-10-16(3)9-8-13-17(4,5)20/h6-7,16,19-21H,1-2,8-15H2,3-5H3/t16-/m0/s1. The monoisotopic (exact) mass is 297 g/mol. The van der Waals surface area contributed by atoms with Crippen LogP contribution < -0.4 is 5.32 Å². The summed E-state index contributed by atoms with van der Waals surface area (Å²) in [6.45, 7) is 14.8. The molecule has 0 aromatic rings. The number of aliphatic hydroxyl groups is 2. The average molecular weight is 297 g/mol.